The largest absolute Gasteiger partial charge is 0.279 e. The molecule has 5 nitrogen and oxygen atoms in total. The van der Waals surface area contributed by atoms with E-state index in [0.29, 0.717) is 10.9 Å². The first-order valence-electron chi connectivity index (χ1n) is 6.20. The van der Waals surface area contributed by atoms with Gasteiger partial charge < -0.3 is 0 Å². The van der Waals surface area contributed by atoms with Crippen molar-refractivity contribution in [3.63, 3.8) is 0 Å². The molecule has 126 valence electrons. The van der Waals surface area contributed by atoms with Crippen molar-refractivity contribution in [2.75, 3.05) is 4.72 Å². The summed E-state index contributed by atoms with van der Waals surface area (Å²) in [7, 11) is -5.07. The van der Waals surface area contributed by atoms with Crippen LogP contribution in [-0.4, -0.2) is 18.6 Å². The Morgan fingerprint density at radius 2 is 1.50 bits per heavy atom. The molecular formula is C13H6F5N3O2S. The molecule has 0 aliphatic heterocycles. The van der Waals surface area contributed by atoms with Crippen LogP contribution in [0.1, 0.15) is 0 Å². The van der Waals surface area contributed by atoms with Gasteiger partial charge >= 0.3 is 0 Å². The number of anilines is 1. The van der Waals surface area contributed by atoms with Crippen molar-refractivity contribution in [3.8, 4) is 0 Å². The van der Waals surface area contributed by atoms with Crippen LogP contribution in [0.25, 0.3) is 10.9 Å². The highest BCUT2D eigenvalue weighted by molar-refractivity contribution is 7.92. The summed E-state index contributed by atoms with van der Waals surface area (Å²) in [5, 5.41) is 6.75. The second-order valence-electron chi connectivity index (χ2n) is 4.68. The van der Waals surface area contributed by atoms with Crippen molar-refractivity contribution in [2.24, 2.45) is 0 Å². The first-order chi connectivity index (χ1) is 11.2. The molecule has 0 amide bonds. The van der Waals surface area contributed by atoms with E-state index in [4.69, 9.17) is 0 Å². The van der Waals surface area contributed by atoms with E-state index in [0.717, 1.165) is 0 Å². The Morgan fingerprint density at radius 1 is 0.917 bits per heavy atom. The zero-order valence-electron chi connectivity index (χ0n) is 11.4. The Kier molecular flexibility index (Phi) is 3.67. The highest BCUT2D eigenvalue weighted by Gasteiger charge is 2.33. The lowest BCUT2D eigenvalue weighted by Gasteiger charge is -2.11. The lowest BCUT2D eigenvalue weighted by Crippen LogP contribution is -2.19. The minimum absolute atomic E-state index is 0.146. The topological polar surface area (TPSA) is 74.8 Å². The first-order valence-corrected chi connectivity index (χ1v) is 7.68. The molecule has 1 heterocycles. The number of benzene rings is 2. The number of nitrogens with zero attached hydrogens (tertiary/aromatic N) is 1. The molecule has 0 radical (unpaired) electrons. The Labute approximate surface area is 131 Å². The van der Waals surface area contributed by atoms with Gasteiger partial charge in [-0.1, -0.05) is 0 Å². The average molecular weight is 363 g/mol. The van der Waals surface area contributed by atoms with E-state index in [9.17, 15) is 30.4 Å². The molecule has 1 aromatic heterocycles. The SMILES string of the molecule is O=S(=O)(Nc1ccc2[nH]ncc2c1)c1c(F)c(F)c(F)c(F)c1F. The standard InChI is InChI=1S/C13H6F5N3O2S/c14-8-9(15)11(17)13(12(18)10(8)16)24(22,23)21-6-1-2-7-5(3-6)4-19-20-7/h1-4,21H,(H,19,20). The van der Waals surface area contributed by atoms with E-state index in [1.54, 1.807) is 4.72 Å². The zero-order chi connectivity index (χ0) is 17.6. The molecule has 0 bridgehead atoms. The van der Waals surface area contributed by atoms with Gasteiger partial charge in [0.05, 0.1) is 11.7 Å². The Balaban J connectivity index is 2.11. The van der Waals surface area contributed by atoms with Crippen LogP contribution in [0.15, 0.2) is 29.3 Å². The van der Waals surface area contributed by atoms with Crippen molar-refractivity contribution in [3.05, 3.63) is 53.5 Å². The molecule has 0 spiro atoms. The van der Waals surface area contributed by atoms with Gasteiger partial charge in [-0.3, -0.25) is 9.82 Å². The van der Waals surface area contributed by atoms with Gasteiger partial charge in [0.15, 0.2) is 28.2 Å². The number of fused-ring (bicyclic) bond motifs is 1. The molecule has 0 aliphatic rings. The van der Waals surface area contributed by atoms with Gasteiger partial charge in [0.2, 0.25) is 5.82 Å². The number of rotatable bonds is 3. The number of hydrogen-bond donors (Lipinski definition) is 2. The average Bonchev–Trinajstić information content (AvgIpc) is 2.98. The predicted molar refractivity (Wildman–Crippen MR) is 73.1 cm³/mol. The van der Waals surface area contributed by atoms with Crippen LogP contribution >= 0.6 is 0 Å². The summed E-state index contributed by atoms with van der Waals surface area (Å²) in [6, 6.07) is 3.91. The van der Waals surface area contributed by atoms with Crippen LogP contribution in [0, 0.1) is 29.1 Å². The summed E-state index contributed by atoms with van der Waals surface area (Å²) in [6.07, 6.45) is 1.35. The molecule has 0 atom stereocenters. The molecular weight excluding hydrogens is 357 g/mol. The summed E-state index contributed by atoms with van der Waals surface area (Å²) >= 11 is 0. The smallest absolute Gasteiger partial charge is 0.267 e. The number of aromatic amines is 1. The third-order valence-electron chi connectivity index (χ3n) is 3.13. The Bertz CT molecular complexity index is 1040. The molecule has 0 saturated carbocycles. The second-order valence-corrected chi connectivity index (χ2v) is 6.30. The van der Waals surface area contributed by atoms with Crippen molar-refractivity contribution < 1.29 is 30.4 Å². The number of aromatic nitrogens is 2. The molecule has 2 N–H and O–H groups in total. The van der Waals surface area contributed by atoms with Crippen LogP contribution < -0.4 is 4.72 Å². The molecule has 2 aromatic carbocycles. The highest BCUT2D eigenvalue weighted by atomic mass is 32.2. The number of halogens is 5. The lowest BCUT2D eigenvalue weighted by atomic mass is 10.2. The van der Waals surface area contributed by atoms with Crippen molar-refractivity contribution in [2.45, 2.75) is 4.90 Å². The van der Waals surface area contributed by atoms with E-state index in [1.165, 1.54) is 24.4 Å². The third kappa shape index (κ3) is 2.46. The quantitative estimate of drug-likeness (QED) is 0.427. The van der Waals surface area contributed by atoms with Gasteiger partial charge in [-0.2, -0.15) is 5.10 Å². The van der Waals surface area contributed by atoms with Crippen molar-refractivity contribution >= 4 is 26.6 Å². The van der Waals surface area contributed by atoms with Crippen LogP contribution in [0.5, 0.6) is 0 Å². The number of hydrogen-bond acceptors (Lipinski definition) is 3. The molecule has 0 aliphatic carbocycles. The Morgan fingerprint density at radius 3 is 2.12 bits per heavy atom. The predicted octanol–water partition coefficient (Wildman–Crippen LogP) is 3.06. The molecule has 0 unspecified atom stereocenters. The number of nitrogens with one attached hydrogen (secondary N) is 2. The van der Waals surface area contributed by atoms with Gasteiger partial charge in [0, 0.05) is 11.1 Å². The van der Waals surface area contributed by atoms with Crippen LogP contribution in [-0.2, 0) is 10.0 Å². The summed E-state index contributed by atoms with van der Waals surface area (Å²) in [6.45, 7) is 0. The van der Waals surface area contributed by atoms with E-state index < -0.39 is 44.0 Å². The van der Waals surface area contributed by atoms with Crippen LogP contribution in [0.2, 0.25) is 0 Å². The highest BCUT2D eigenvalue weighted by Crippen LogP contribution is 2.28. The lowest BCUT2D eigenvalue weighted by molar-refractivity contribution is 0.358. The van der Waals surface area contributed by atoms with Gasteiger partial charge in [0.25, 0.3) is 10.0 Å². The van der Waals surface area contributed by atoms with Crippen molar-refractivity contribution in [1.82, 2.24) is 10.2 Å². The number of H-pyrrole nitrogens is 1. The fraction of sp³-hybridized carbons (Fsp3) is 0. The maximum Gasteiger partial charge on any atom is 0.267 e. The fourth-order valence-corrected chi connectivity index (χ4v) is 3.22. The summed E-state index contributed by atoms with van der Waals surface area (Å²) in [4.78, 5) is -1.95. The normalized spacial score (nSPS) is 11.9. The summed E-state index contributed by atoms with van der Waals surface area (Å²) < 4.78 is 92.5. The minimum Gasteiger partial charge on any atom is -0.279 e. The summed E-state index contributed by atoms with van der Waals surface area (Å²) in [5.74, 6) is -12.0. The number of sulfonamides is 1. The zero-order valence-corrected chi connectivity index (χ0v) is 12.2. The van der Waals surface area contributed by atoms with Gasteiger partial charge in [-0.25, -0.2) is 30.4 Å². The van der Waals surface area contributed by atoms with Crippen LogP contribution in [0.3, 0.4) is 0 Å². The van der Waals surface area contributed by atoms with Crippen molar-refractivity contribution in [1.29, 1.82) is 0 Å². The molecule has 0 saturated heterocycles. The van der Waals surface area contributed by atoms with E-state index in [2.05, 4.69) is 10.2 Å². The van der Waals surface area contributed by atoms with Gasteiger partial charge in [0.1, 0.15) is 0 Å². The maximum atomic E-state index is 13.6. The van der Waals surface area contributed by atoms with Crippen LogP contribution in [0.4, 0.5) is 27.6 Å². The maximum absolute atomic E-state index is 13.6. The fourth-order valence-electron chi connectivity index (χ4n) is 2.03. The van der Waals surface area contributed by atoms with E-state index >= 15 is 0 Å². The van der Waals surface area contributed by atoms with Gasteiger partial charge in [-0.05, 0) is 18.2 Å². The molecule has 0 fully saturated rings. The summed E-state index contributed by atoms with van der Waals surface area (Å²) in [5.41, 5.74) is 0.405. The Hall–Kier alpha value is -2.69. The molecule has 11 heteroatoms. The molecule has 24 heavy (non-hydrogen) atoms. The second kappa shape index (κ2) is 5.44. The monoisotopic (exact) mass is 363 g/mol. The minimum atomic E-state index is -5.07. The van der Waals surface area contributed by atoms with E-state index in [1.807, 2.05) is 0 Å². The van der Waals surface area contributed by atoms with E-state index in [-0.39, 0.29) is 5.69 Å². The molecule has 3 aromatic rings. The first kappa shape index (κ1) is 16.2. The van der Waals surface area contributed by atoms with Gasteiger partial charge in [-0.15, -0.1) is 0 Å². The molecule has 3 rings (SSSR count). The third-order valence-corrected chi connectivity index (χ3v) is 4.53.